The number of aryl methyl sites for hydroxylation is 1. The Labute approximate surface area is 177 Å². The first-order chi connectivity index (χ1) is 14.1. The maximum atomic E-state index is 13.2. The molecule has 6 nitrogen and oxygen atoms in total. The SMILES string of the molecule is C=CCn1c(C)cc(C(=O)CN2C(=O)NC(C)(c3ccc(C(C)C)cc3)C2=O)c1C. The summed E-state index contributed by atoms with van der Waals surface area (Å²) in [7, 11) is 0. The molecule has 158 valence electrons. The molecule has 0 spiro atoms. The van der Waals surface area contributed by atoms with Gasteiger partial charge in [0.05, 0.1) is 6.54 Å². The van der Waals surface area contributed by atoms with Crippen molar-refractivity contribution in [3.8, 4) is 0 Å². The average molecular weight is 408 g/mol. The third-order valence-electron chi connectivity index (χ3n) is 5.92. The number of rotatable bonds is 7. The van der Waals surface area contributed by atoms with Crippen molar-refractivity contribution in [2.24, 2.45) is 0 Å². The summed E-state index contributed by atoms with van der Waals surface area (Å²) >= 11 is 0. The van der Waals surface area contributed by atoms with Gasteiger partial charge in [0, 0.05) is 23.5 Å². The maximum absolute atomic E-state index is 13.2. The Kier molecular flexibility index (Phi) is 5.70. The molecule has 0 saturated carbocycles. The van der Waals surface area contributed by atoms with Crippen LogP contribution in [0.4, 0.5) is 4.79 Å². The van der Waals surface area contributed by atoms with E-state index < -0.39 is 17.5 Å². The molecule has 1 aliphatic rings. The highest BCUT2D eigenvalue weighted by Crippen LogP contribution is 2.30. The zero-order valence-electron chi connectivity index (χ0n) is 18.3. The molecule has 6 heteroatoms. The molecular weight excluding hydrogens is 378 g/mol. The second kappa shape index (κ2) is 7.94. The zero-order chi connectivity index (χ0) is 22.2. The fourth-order valence-corrected chi connectivity index (χ4v) is 3.96. The summed E-state index contributed by atoms with van der Waals surface area (Å²) in [6.07, 6.45) is 1.77. The highest BCUT2D eigenvalue weighted by Gasteiger charge is 2.49. The first-order valence-electron chi connectivity index (χ1n) is 10.2. The van der Waals surface area contributed by atoms with E-state index in [1.165, 1.54) is 0 Å². The van der Waals surface area contributed by atoms with Gasteiger partial charge >= 0.3 is 6.03 Å². The van der Waals surface area contributed by atoms with Crippen LogP contribution in [0, 0.1) is 13.8 Å². The van der Waals surface area contributed by atoms with Gasteiger partial charge in [0.25, 0.3) is 5.91 Å². The number of hydrogen-bond donors (Lipinski definition) is 1. The molecule has 3 rings (SSSR count). The Morgan fingerprint density at radius 2 is 1.83 bits per heavy atom. The summed E-state index contributed by atoms with van der Waals surface area (Å²) in [6.45, 7) is 13.7. The van der Waals surface area contributed by atoms with Gasteiger partial charge in [-0.1, -0.05) is 44.2 Å². The van der Waals surface area contributed by atoms with Crippen LogP contribution < -0.4 is 5.32 Å². The smallest absolute Gasteiger partial charge is 0.325 e. The van der Waals surface area contributed by atoms with Crippen LogP contribution in [0.3, 0.4) is 0 Å². The predicted octanol–water partition coefficient (Wildman–Crippen LogP) is 4.06. The minimum absolute atomic E-state index is 0.263. The van der Waals surface area contributed by atoms with Crippen molar-refractivity contribution < 1.29 is 14.4 Å². The lowest BCUT2D eigenvalue weighted by Gasteiger charge is -2.22. The molecule has 1 atom stereocenters. The number of ketones is 1. The number of nitrogens with one attached hydrogen (secondary N) is 1. The Hall–Kier alpha value is -3.15. The van der Waals surface area contributed by atoms with Gasteiger partial charge in [-0.2, -0.15) is 0 Å². The fourth-order valence-electron chi connectivity index (χ4n) is 3.96. The number of Topliss-reactive ketones (excluding diaryl/α,β-unsaturated/α-hetero) is 1. The minimum atomic E-state index is -1.19. The Morgan fingerprint density at radius 3 is 2.40 bits per heavy atom. The standard InChI is InChI=1S/C24H29N3O3/c1-7-12-26-16(4)13-20(17(26)5)21(28)14-27-22(29)24(6,25-23(27)30)19-10-8-18(9-11-19)15(2)3/h7-11,13,15H,1,12,14H2,2-6H3,(H,25,30). The highest BCUT2D eigenvalue weighted by molar-refractivity contribution is 6.11. The van der Waals surface area contributed by atoms with E-state index in [-0.39, 0.29) is 12.3 Å². The van der Waals surface area contributed by atoms with E-state index in [1.54, 1.807) is 19.1 Å². The van der Waals surface area contributed by atoms with Crippen molar-refractivity contribution in [1.82, 2.24) is 14.8 Å². The van der Waals surface area contributed by atoms with Gasteiger partial charge in [-0.25, -0.2) is 4.79 Å². The van der Waals surface area contributed by atoms with Crippen LogP contribution in [-0.2, 0) is 16.9 Å². The lowest BCUT2D eigenvalue weighted by molar-refractivity contribution is -0.130. The number of carbonyl (C=O) groups excluding carboxylic acids is 3. The maximum Gasteiger partial charge on any atom is 0.325 e. The second-order valence-electron chi connectivity index (χ2n) is 8.33. The molecule has 1 N–H and O–H groups in total. The van der Waals surface area contributed by atoms with E-state index in [0.29, 0.717) is 23.6 Å². The fraction of sp³-hybridized carbons (Fsp3) is 0.375. The summed E-state index contributed by atoms with van der Waals surface area (Å²) in [5.74, 6) is -0.311. The summed E-state index contributed by atoms with van der Waals surface area (Å²) in [5.41, 5.74) is 2.92. The minimum Gasteiger partial charge on any atom is -0.345 e. The first kappa shape index (κ1) is 21.6. The molecule has 0 radical (unpaired) electrons. The van der Waals surface area contributed by atoms with Crippen LogP contribution in [0.1, 0.15) is 59.6 Å². The molecule has 3 amide bonds. The van der Waals surface area contributed by atoms with E-state index in [1.807, 2.05) is 42.7 Å². The lowest BCUT2D eigenvalue weighted by Crippen LogP contribution is -2.41. The molecular formula is C24H29N3O3. The van der Waals surface area contributed by atoms with Crippen LogP contribution >= 0.6 is 0 Å². The number of aromatic nitrogens is 1. The second-order valence-corrected chi connectivity index (χ2v) is 8.33. The van der Waals surface area contributed by atoms with Crippen molar-refractivity contribution in [3.63, 3.8) is 0 Å². The van der Waals surface area contributed by atoms with Gasteiger partial charge in [0.2, 0.25) is 0 Å². The topological polar surface area (TPSA) is 71.4 Å². The van der Waals surface area contributed by atoms with E-state index in [9.17, 15) is 14.4 Å². The predicted molar refractivity (Wildman–Crippen MR) is 117 cm³/mol. The van der Waals surface area contributed by atoms with Crippen molar-refractivity contribution in [2.45, 2.75) is 52.6 Å². The molecule has 0 bridgehead atoms. The van der Waals surface area contributed by atoms with Crippen LogP contribution in [-0.4, -0.2) is 33.7 Å². The number of amides is 3. The quantitative estimate of drug-likeness (QED) is 0.427. The highest BCUT2D eigenvalue weighted by atomic mass is 16.2. The molecule has 1 aromatic heterocycles. The molecule has 1 aliphatic heterocycles. The van der Waals surface area contributed by atoms with E-state index >= 15 is 0 Å². The van der Waals surface area contributed by atoms with E-state index in [4.69, 9.17) is 0 Å². The molecule has 0 aliphatic carbocycles. The summed E-state index contributed by atoms with van der Waals surface area (Å²) in [5, 5.41) is 2.77. The number of benzene rings is 1. The molecule has 1 fully saturated rings. The average Bonchev–Trinajstić information content (AvgIpc) is 3.11. The Balaban J connectivity index is 1.84. The van der Waals surface area contributed by atoms with Crippen molar-refractivity contribution in [3.05, 3.63) is 71.1 Å². The largest absolute Gasteiger partial charge is 0.345 e. The van der Waals surface area contributed by atoms with Crippen molar-refractivity contribution in [1.29, 1.82) is 0 Å². The number of imide groups is 1. The van der Waals surface area contributed by atoms with Crippen LogP contribution in [0.2, 0.25) is 0 Å². The lowest BCUT2D eigenvalue weighted by atomic mass is 9.90. The van der Waals surface area contributed by atoms with E-state index in [0.717, 1.165) is 21.9 Å². The summed E-state index contributed by atoms with van der Waals surface area (Å²) < 4.78 is 1.98. The van der Waals surface area contributed by atoms with Crippen LogP contribution in [0.15, 0.2) is 43.0 Å². The monoisotopic (exact) mass is 407 g/mol. The van der Waals surface area contributed by atoms with Gasteiger partial charge in [-0.15, -0.1) is 6.58 Å². The first-order valence-corrected chi connectivity index (χ1v) is 10.2. The number of carbonyl (C=O) groups is 3. The summed E-state index contributed by atoms with van der Waals surface area (Å²) in [6, 6.07) is 8.90. The molecule has 2 aromatic rings. The van der Waals surface area contributed by atoms with Gasteiger partial charge < -0.3 is 9.88 Å². The van der Waals surface area contributed by atoms with Gasteiger partial charge in [-0.3, -0.25) is 14.5 Å². The summed E-state index contributed by atoms with van der Waals surface area (Å²) in [4.78, 5) is 39.7. The van der Waals surface area contributed by atoms with Crippen LogP contribution in [0.25, 0.3) is 0 Å². The number of nitrogens with zero attached hydrogens (tertiary/aromatic N) is 2. The number of hydrogen-bond acceptors (Lipinski definition) is 3. The third-order valence-corrected chi connectivity index (χ3v) is 5.92. The van der Waals surface area contributed by atoms with Gasteiger partial charge in [-0.05, 0) is 43.9 Å². The van der Waals surface area contributed by atoms with Crippen molar-refractivity contribution in [2.75, 3.05) is 6.54 Å². The van der Waals surface area contributed by atoms with Gasteiger partial charge in [0.1, 0.15) is 5.54 Å². The van der Waals surface area contributed by atoms with E-state index in [2.05, 4.69) is 25.7 Å². The molecule has 1 unspecified atom stereocenters. The number of urea groups is 1. The van der Waals surface area contributed by atoms with Crippen LogP contribution in [0.5, 0.6) is 0 Å². The normalized spacial score (nSPS) is 18.8. The molecule has 2 heterocycles. The molecule has 1 saturated heterocycles. The Morgan fingerprint density at radius 1 is 1.20 bits per heavy atom. The van der Waals surface area contributed by atoms with Gasteiger partial charge in [0.15, 0.2) is 5.78 Å². The molecule has 1 aromatic carbocycles. The zero-order valence-corrected chi connectivity index (χ0v) is 18.3. The Bertz CT molecular complexity index is 1020. The molecule has 30 heavy (non-hydrogen) atoms. The number of allylic oxidation sites excluding steroid dienone is 1. The van der Waals surface area contributed by atoms with Crippen molar-refractivity contribution >= 4 is 17.7 Å². The third kappa shape index (κ3) is 3.58.